The Hall–Kier alpha value is -0.730. The van der Waals surface area contributed by atoms with E-state index in [9.17, 15) is 0 Å². The average molecular weight is 223 g/mol. The lowest BCUT2D eigenvalue weighted by Crippen LogP contribution is -2.37. The summed E-state index contributed by atoms with van der Waals surface area (Å²) in [6.45, 7) is 10.0. The minimum atomic E-state index is 0.323. The molecular formula is C13H25N3. The van der Waals surface area contributed by atoms with Gasteiger partial charge in [-0.2, -0.15) is 0 Å². The van der Waals surface area contributed by atoms with Gasteiger partial charge in [-0.15, -0.1) is 0 Å². The van der Waals surface area contributed by atoms with Gasteiger partial charge in [0.25, 0.3) is 0 Å². The molecule has 2 fully saturated rings. The Labute approximate surface area is 98.9 Å². The van der Waals surface area contributed by atoms with Gasteiger partial charge in [-0.1, -0.05) is 34.1 Å². The third kappa shape index (κ3) is 1.80. The number of aliphatic imine (C=N–C) groups is 1. The highest BCUT2D eigenvalue weighted by molar-refractivity contribution is 5.79. The van der Waals surface area contributed by atoms with Gasteiger partial charge in [0.2, 0.25) is 0 Å². The molecule has 0 aromatic heterocycles. The number of guanidine groups is 1. The van der Waals surface area contributed by atoms with E-state index >= 15 is 0 Å². The van der Waals surface area contributed by atoms with Gasteiger partial charge in [0.15, 0.2) is 5.96 Å². The lowest BCUT2D eigenvalue weighted by Gasteiger charge is -2.23. The molecule has 0 spiro atoms. The quantitative estimate of drug-likeness (QED) is 0.569. The summed E-state index contributed by atoms with van der Waals surface area (Å²) in [7, 11) is 0. The van der Waals surface area contributed by atoms with Gasteiger partial charge < -0.3 is 11.1 Å². The molecule has 0 unspecified atom stereocenters. The van der Waals surface area contributed by atoms with Gasteiger partial charge >= 0.3 is 0 Å². The molecule has 2 aliphatic carbocycles. The number of rotatable bonds is 3. The Morgan fingerprint density at radius 1 is 1.25 bits per heavy atom. The number of nitrogens with zero attached hydrogens (tertiary/aromatic N) is 1. The second kappa shape index (κ2) is 3.64. The van der Waals surface area contributed by atoms with Gasteiger partial charge in [-0.3, -0.25) is 4.99 Å². The summed E-state index contributed by atoms with van der Waals surface area (Å²) in [5.74, 6) is 1.43. The van der Waals surface area contributed by atoms with Crippen molar-refractivity contribution in [1.82, 2.24) is 5.32 Å². The van der Waals surface area contributed by atoms with Crippen molar-refractivity contribution in [1.29, 1.82) is 0 Å². The molecule has 3 nitrogen and oxygen atoms in total. The molecule has 2 saturated carbocycles. The molecule has 3 heteroatoms. The van der Waals surface area contributed by atoms with E-state index in [1.807, 2.05) is 0 Å². The van der Waals surface area contributed by atoms with Crippen molar-refractivity contribution in [3.05, 3.63) is 0 Å². The van der Waals surface area contributed by atoms with Crippen molar-refractivity contribution in [3.63, 3.8) is 0 Å². The summed E-state index contributed by atoms with van der Waals surface area (Å²) >= 11 is 0. The lowest BCUT2D eigenvalue weighted by molar-refractivity contribution is 0.326. The van der Waals surface area contributed by atoms with Crippen LogP contribution in [0.4, 0.5) is 0 Å². The number of hydrogen-bond donors (Lipinski definition) is 2. The van der Waals surface area contributed by atoms with Gasteiger partial charge in [0.05, 0.1) is 0 Å². The minimum absolute atomic E-state index is 0.323. The number of hydrogen-bond acceptors (Lipinski definition) is 1. The molecule has 2 aliphatic rings. The molecule has 3 N–H and O–H groups in total. The predicted molar refractivity (Wildman–Crippen MR) is 68.3 cm³/mol. The molecule has 2 rings (SSSR count). The first kappa shape index (κ1) is 11.7. The monoisotopic (exact) mass is 223 g/mol. The molecule has 0 aromatic carbocycles. The normalized spacial score (nSPS) is 28.6. The van der Waals surface area contributed by atoms with E-state index < -0.39 is 0 Å². The zero-order chi connectivity index (χ0) is 12.0. The summed E-state index contributed by atoms with van der Waals surface area (Å²) in [6, 6.07) is 0.463. The maximum atomic E-state index is 5.92. The SMILES string of the molecule is CC1(C)C(NC(N)=NCC2CCC2)C1(C)C. The highest BCUT2D eigenvalue weighted by Crippen LogP contribution is 2.62. The van der Waals surface area contributed by atoms with Crippen LogP contribution in [0.5, 0.6) is 0 Å². The summed E-state index contributed by atoms with van der Waals surface area (Å²) in [5, 5.41) is 3.37. The van der Waals surface area contributed by atoms with Crippen LogP contribution in [0.3, 0.4) is 0 Å². The highest BCUT2D eigenvalue weighted by atomic mass is 15.2. The van der Waals surface area contributed by atoms with Crippen molar-refractivity contribution in [2.75, 3.05) is 6.54 Å². The van der Waals surface area contributed by atoms with Crippen molar-refractivity contribution in [2.45, 2.75) is 53.0 Å². The van der Waals surface area contributed by atoms with Crippen LogP contribution in [0, 0.1) is 16.7 Å². The zero-order valence-corrected chi connectivity index (χ0v) is 11.0. The standard InChI is InChI=1S/C13H25N3/c1-12(2)10(13(12,3)4)16-11(14)15-8-9-6-5-7-9/h9-10H,5-8H2,1-4H3,(H3,14,15,16). The van der Waals surface area contributed by atoms with Crippen LogP contribution < -0.4 is 11.1 Å². The smallest absolute Gasteiger partial charge is 0.188 e. The number of nitrogens with two attached hydrogens (primary N) is 1. The fraction of sp³-hybridized carbons (Fsp3) is 0.923. The first-order chi connectivity index (χ1) is 7.35. The third-order valence-electron chi connectivity index (χ3n) is 5.06. The van der Waals surface area contributed by atoms with Gasteiger partial charge in [-0.05, 0) is 29.6 Å². The largest absolute Gasteiger partial charge is 0.370 e. The fourth-order valence-electron chi connectivity index (χ4n) is 2.65. The van der Waals surface area contributed by atoms with E-state index in [4.69, 9.17) is 5.73 Å². The summed E-state index contributed by atoms with van der Waals surface area (Å²) in [4.78, 5) is 4.44. The molecule has 0 aliphatic heterocycles. The molecule has 0 saturated heterocycles. The highest BCUT2D eigenvalue weighted by Gasteiger charge is 2.65. The van der Waals surface area contributed by atoms with E-state index in [1.165, 1.54) is 19.3 Å². The topological polar surface area (TPSA) is 50.4 Å². The Morgan fingerprint density at radius 2 is 1.81 bits per heavy atom. The zero-order valence-electron chi connectivity index (χ0n) is 11.0. The van der Waals surface area contributed by atoms with Gasteiger partial charge in [-0.25, -0.2) is 0 Å². The van der Waals surface area contributed by atoms with Crippen molar-refractivity contribution < 1.29 is 0 Å². The van der Waals surface area contributed by atoms with Crippen LogP contribution >= 0.6 is 0 Å². The molecule has 0 amide bonds. The predicted octanol–water partition coefficient (Wildman–Crippen LogP) is 2.13. The fourth-order valence-corrected chi connectivity index (χ4v) is 2.65. The van der Waals surface area contributed by atoms with Crippen molar-refractivity contribution in [3.8, 4) is 0 Å². The second-order valence-corrected chi connectivity index (χ2v) is 6.54. The first-order valence-electron chi connectivity index (χ1n) is 6.42. The Kier molecular flexibility index (Phi) is 2.67. The first-order valence-corrected chi connectivity index (χ1v) is 6.42. The van der Waals surface area contributed by atoms with Gasteiger partial charge in [0, 0.05) is 12.6 Å². The van der Waals surface area contributed by atoms with Crippen LogP contribution in [0.25, 0.3) is 0 Å². The molecule has 0 bridgehead atoms. The molecule has 16 heavy (non-hydrogen) atoms. The Balaban J connectivity index is 1.81. The van der Waals surface area contributed by atoms with Gasteiger partial charge in [0.1, 0.15) is 0 Å². The van der Waals surface area contributed by atoms with Crippen LogP contribution in [0.1, 0.15) is 47.0 Å². The second-order valence-electron chi connectivity index (χ2n) is 6.54. The average Bonchev–Trinajstić information content (AvgIpc) is 2.45. The maximum absolute atomic E-state index is 5.92. The van der Waals surface area contributed by atoms with Crippen molar-refractivity contribution >= 4 is 5.96 Å². The molecule has 0 aromatic rings. The van der Waals surface area contributed by atoms with Crippen molar-refractivity contribution in [2.24, 2.45) is 27.5 Å². The van der Waals surface area contributed by atoms with Crippen LogP contribution in [0.2, 0.25) is 0 Å². The van der Waals surface area contributed by atoms with E-state index in [2.05, 4.69) is 38.0 Å². The summed E-state index contributed by atoms with van der Waals surface area (Å²) < 4.78 is 0. The van der Waals surface area contributed by atoms with Crippen LogP contribution in [-0.2, 0) is 0 Å². The Morgan fingerprint density at radius 3 is 2.19 bits per heavy atom. The van der Waals surface area contributed by atoms with E-state index in [1.54, 1.807) is 0 Å². The number of nitrogens with one attached hydrogen (secondary N) is 1. The van der Waals surface area contributed by atoms with E-state index in [0.29, 0.717) is 22.8 Å². The molecule has 92 valence electrons. The maximum Gasteiger partial charge on any atom is 0.188 e. The lowest BCUT2D eigenvalue weighted by atomic mass is 9.86. The summed E-state index contributed by atoms with van der Waals surface area (Å²) in [6.07, 6.45) is 4.03. The Bertz CT molecular complexity index is 286. The van der Waals surface area contributed by atoms with Crippen LogP contribution in [0.15, 0.2) is 4.99 Å². The van der Waals surface area contributed by atoms with Crippen LogP contribution in [-0.4, -0.2) is 18.5 Å². The third-order valence-corrected chi connectivity index (χ3v) is 5.06. The summed E-state index contributed by atoms with van der Waals surface area (Å²) in [5.41, 5.74) is 6.57. The van der Waals surface area contributed by atoms with E-state index in [0.717, 1.165) is 12.5 Å². The van der Waals surface area contributed by atoms with E-state index in [-0.39, 0.29) is 0 Å². The molecular weight excluding hydrogens is 198 g/mol. The molecule has 0 heterocycles. The molecule has 0 atom stereocenters. The minimum Gasteiger partial charge on any atom is -0.370 e. The molecule has 0 radical (unpaired) electrons.